The van der Waals surface area contributed by atoms with Crippen LogP contribution >= 0.6 is 0 Å². The van der Waals surface area contributed by atoms with Crippen molar-refractivity contribution in [3.05, 3.63) is 65.5 Å². The van der Waals surface area contributed by atoms with E-state index in [4.69, 9.17) is 18.8 Å². The summed E-state index contributed by atoms with van der Waals surface area (Å²) < 4.78 is 24.8. The van der Waals surface area contributed by atoms with Gasteiger partial charge < -0.3 is 24.1 Å². The lowest BCUT2D eigenvalue weighted by Crippen LogP contribution is -2.65. The Kier molecular flexibility index (Phi) is 7.28. The van der Waals surface area contributed by atoms with Gasteiger partial charge in [-0.2, -0.15) is 0 Å². The maximum Gasteiger partial charge on any atom is 0.482 e. The van der Waals surface area contributed by atoms with Crippen LogP contribution in [0.25, 0.3) is 11.0 Å². The molecule has 2 bridgehead atoms. The van der Waals surface area contributed by atoms with E-state index in [-0.39, 0.29) is 29.5 Å². The van der Waals surface area contributed by atoms with E-state index < -0.39 is 30.2 Å². The van der Waals surface area contributed by atoms with Gasteiger partial charge in [-0.3, -0.25) is 9.78 Å². The van der Waals surface area contributed by atoms with Crippen molar-refractivity contribution in [1.82, 2.24) is 15.3 Å². The minimum atomic E-state index is -0.711. The van der Waals surface area contributed by atoms with Gasteiger partial charge in [0.2, 0.25) is 0 Å². The number of carbonyl (C=O) groups is 2. The van der Waals surface area contributed by atoms with Crippen LogP contribution in [0, 0.1) is 17.3 Å². The number of aromatic nitrogens is 2. The van der Waals surface area contributed by atoms with Gasteiger partial charge in [-0.1, -0.05) is 38.1 Å². The normalized spacial score (nSPS) is 26.3. The van der Waals surface area contributed by atoms with Crippen LogP contribution in [-0.2, 0) is 20.5 Å². The van der Waals surface area contributed by atoms with Crippen LogP contribution in [0.15, 0.2) is 48.7 Å². The van der Waals surface area contributed by atoms with Crippen LogP contribution in [0.1, 0.15) is 80.8 Å². The molecule has 3 aromatic rings. The number of nitrogens with one attached hydrogen (secondary N) is 1. The zero-order chi connectivity index (χ0) is 30.7. The first kappa shape index (κ1) is 29.6. The Bertz CT molecular complexity index is 1570. The molecule has 0 radical (unpaired) electrons. The van der Waals surface area contributed by atoms with Gasteiger partial charge in [0.05, 0.1) is 42.0 Å². The van der Waals surface area contributed by atoms with E-state index in [0.29, 0.717) is 34.2 Å². The lowest BCUT2D eigenvalue weighted by Gasteiger charge is -2.64. The Morgan fingerprint density at radius 1 is 1.09 bits per heavy atom. The van der Waals surface area contributed by atoms with E-state index >= 15 is 0 Å². The van der Waals surface area contributed by atoms with Crippen LogP contribution in [0.5, 0.6) is 5.75 Å². The Morgan fingerprint density at radius 3 is 2.53 bits per heavy atom. The molecule has 1 N–H and O–H groups in total. The van der Waals surface area contributed by atoms with Crippen molar-refractivity contribution in [2.24, 2.45) is 17.3 Å². The highest BCUT2D eigenvalue weighted by Gasteiger charge is 2.68. The molecule has 226 valence electrons. The van der Waals surface area contributed by atoms with Crippen molar-refractivity contribution >= 4 is 30.0 Å². The first-order valence-corrected chi connectivity index (χ1v) is 15.1. The first-order valence-electron chi connectivity index (χ1n) is 15.1. The maximum absolute atomic E-state index is 13.7. The van der Waals surface area contributed by atoms with Gasteiger partial charge in [-0.05, 0) is 88.0 Å². The number of fused-ring (bicyclic) bond motifs is 1. The Balaban J connectivity index is 1.32. The molecular formula is C33H40BN3O6. The fourth-order valence-electron chi connectivity index (χ4n) is 7.31. The molecule has 10 heteroatoms. The van der Waals surface area contributed by atoms with Crippen molar-refractivity contribution in [3.8, 4) is 5.75 Å². The molecule has 4 fully saturated rings. The SMILES string of the molecule is COc1c(CC(NC(=O)c2cnc3ccccc3n2)B2OC3CC4CC(C4(C)C)C3(C)O2)cccc1C(=O)OC(C)(C)C. The van der Waals surface area contributed by atoms with Crippen LogP contribution in [0.4, 0.5) is 0 Å². The topological polar surface area (TPSA) is 109 Å². The van der Waals surface area contributed by atoms with Gasteiger partial charge in [0.1, 0.15) is 22.6 Å². The third kappa shape index (κ3) is 5.29. The molecule has 7 rings (SSSR count). The molecule has 3 aliphatic carbocycles. The zero-order valence-electron chi connectivity index (χ0n) is 26.0. The molecule has 2 aromatic carbocycles. The third-order valence-corrected chi connectivity index (χ3v) is 9.65. The summed E-state index contributed by atoms with van der Waals surface area (Å²) in [5.41, 5.74) is 1.62. The third-order valence-electron chi connectivity index (χ3n) is 9.65. The second kappa shape index (κ2) is 10.6. The first-order chi connectivity index (χ1) is 20.3. The second-order valence-electron chi connectivity index (χ2n) is 13.9. The highest BCUT2D eigenvalue weighted by molar-refractivity contribution is 6.48. The van der Waals surface area contributed by atoms with Crippen LogP contribution in [0.2, 0.25) is 0 Å². The smallest absolute Gasteiger partial charge is 0.482 e. The molecule has 3 saturated carbocycles. The summed E-state index contributed by atoms with van der Waals surface area (Å²) in [6.07, 6.45) is 3.74. The number of hydrogen-bond donors (Lipinski definition) is 1. The van der Waals surface area contributed by atoms with Crippen molar-refractivity contribution in [1.29, 1.82) is 0 Å². The maximum atomic E-state index is 13.7. The molecule has 5 atom stereocenters. The highest BCUT2D eigenvalue weighted by Crippen LogP contribution is 2.65. The summed E-state index contributed by atoms with van der Waals surface area (Å²) in [6.45, 7) is 12.2. The number of para-hydroxylation sites is 3. The molecular weight excluding hydrogens is 545 g/mol. The summed E-state index contributed by atoms with van der Waals surface area (Å²) >= 11 is 0. The highest BCUT2D eigenvalue weighted by atomic mass is 16.7. The van der Waals surface area contributed by atoms with Crippen LogP contribution in [0.3, 0.4) is 0 Å². The number of amides is 1. The number of ether oxygens (including phenoxy) is 2. The molecule has 43 heavy (non-hydrogen) atoms. The second-order valence-corrected chi connectivity index (χ2v) is 13.9. The molecule has 1 aliphatic heterocycles. The number of rotatable bonds is 7. The van der Waals surface area contributed by atoms with E-state index in [1.54, 1.807) is 12.1 Å². The molecule has 9 nitrogen and oxygen atoms in total. The standard InChI is InChI=1S/C33H40BN3O6/c1-31(2,3)41-30(39)21-12-10-11-19(28(21)40-7)15-27(37-29(38)24-18-35-22-13-8-9-14-23(22)36-24)34-42-26-17-20-16-25(32(20,4)5)33(26,6)43-34/h8-14,18,20,25-27H,15-17H2,1-7H3,(H,37,38). The lowest BCUT2D eigenvalue weighted by molar-refractivity contribution is -0.199. The van der Waals surface area contributed by atoms with Crippen LogP contribution < -0.4 is 10.1 Å². The summed E-state index contributed by atoms with van der Waals surface area (Å²) in [6, 6.07) is 12.8. The largest absolute Gasteiger partial charge is 0.496 e. The Labute approximate surface area is 253 Å². The number of nitrogens with zero attached hydrogens (tertiary/aromatic N) is 2. The lowest BCUT2D eigenvalue weighted by atomic mass is 9.43. The Morgan fingerprint density at radius 2 is 1.84 bits per heavy atom. The van der Waals surface area contributed by atoms with Crippen molar-refractivity contribution in [3.63, 3.8) is 0 Å². The number of carbonyl (C=O) groups excluding carboxylic acids is 2. The minimum Gasteiger partial charge on any atom is -0.496 e. The molecule has 1 aromatic heterocycles. The van der Waals surface area contributed by atoms with Gasteiger partial charge in [0.25, 0.3) is 5.91 Å². The number of esters is 1. The molecule has 2 heterocycles. The molecule has 0 spiro atoms. The van der Waals surface area contributed by atoms with Gasteiger partial charge in [-0.15, -0.1) is 0 Å². The van der Waals surface area contributed by atoms with E-state index in [0.717, 1.165) is 18.4 Å². The van der Waals surface area contributed by atoms with Crippen molar-refractivity contribution < 1.29 is 28.4 Å². The minimum absolute atomic E-state index is 0.0656. The average Bonchev–Trinajstić information content (AvgIpc) is 3.32. The molecule has 1 saturated heterocycles. The van der Waals surface area contributed by atoms with Crippen LogP contribution in [-0.4, -0.2) is 59.3 Å². The zero-order valence-corrected chi connectivity index (χ0v) is 26.0. The number of methoxy groups -OCH3 is 1. The molecule has 1 amide bonds. The Hall–Kier alpha value is -3.50. The van der Waals surface area contributed by atoms with E-state index in [1.807, 2.05) is 51.1 Å². The molecule has 4 aliphatic rings. The predicted molar refractivity (Wildman–Crippen MR) is 163 cm³/mol. The summed E-state index contributed by atoms with van der Waals surface area (Å²) in [5.74, 6) is -0.127. The summed E-state index contributed by atoms with van der Waals surface area (Å²) in [7, 11) is 0.815. The fraction of sp³-hybridized carbons (Fsp3) is 0.515. The summed E-state index contributed by atoms with van der Waals surface area (Å²) in [5, 5.41) is 3.14. The number of hydrogen-bond acceptors (Lipinski definition) is 8. The average molecular weight is 586 g/mol. The van der Waals surface area contributed by atoms with E-state index in [1.165, 1.54) is 13.3 Å². The van der Waals surface area contributed by atoms with Gasteiger partial charge >= 0.3 is 13.1 Å². The predicted octanol–water partition coefficient (Wildman–Crippen LogP) is 5.20. The van der Waals surface area contributed by atoms with E-state index in [9.17, 15) is 9.59 Å². The summed E-state index contributed by atoms with van der Waals surface area (Å²) in [4.78, 5) is 35.7. The van der Waals surface area contributed by atoms with Crippen molar-refractivity contribution in [2.45, 2.75) is 84.1 Å². The van der Waals surface area contributed by atoms with Gasteiger partial charge in [0.15, 0.2) is 0 Å². The van der Waals surface area contributed by atoms with Gasteiger partial charge in [0, 0.05) is 0 Å². The van der Waals surface area contributed by atoms with Crippen molar-refractivity contribution in [2.75, 3.05) is 7.11 Å². The monoisotopic (exact) mass is 585 g/mol. The fourth-order valence-corrected chi connectivity index (χ4v) is 7.31. The molecule has 5 unspecified atom stereocenters. The number of benzene rings is 2. The van der Waals surface area contributed by atoms with E-state index in [2.05, 4.69) is 36.1 Å². The quantitative estimate of drug-likeness (QED) is 0.298. The van der Waals surface area contributed by atoms with Gasteiger partial charge in [-0.25, -0.2) is 9.78 Å².